The first kappa shape index (κ1) is 26.6. The molecule has 0 heterocycles. The van der Waals surface area contributed by atoms with Crippen LogP contribution in [0.3, 0.4) is 0 Å². The number of carbonyl (C=O) groups excluding carboxylic acids is 1. The fourth-order valence-corrected chi connectivity index (χ4v) is 2.09. The molecule has 0 aromatic heterocycles. The van der Waals surface area contributed by atoms with Crippen molar-refractivity contribution in [1.82, 2.24) is 5.32 Å². The van der Waals surface area contributed by atoms with E-state index < -0.39 is 23.5 Å². The third-order valence-electron chi connectivity index (χ3n) is 3.58. The zero-order chi connectivity index (χ0) is 22.0. The highest BCUT2D eigenvalue weighted by Gasteiger charge is 2.32. The van der Waals surface area contributed by atoms with Gasteiger partial charge in [0.2, 0.25) is 0 Å². The van der Waals surface area contributed by atoms with Crippen LogP contribution in [0.1, 0.15) is 19.3 Å². The number of hydrogen-bond acceptors (Lipinski definition) is 11. The fraction of sp³-hybridized carbons (Fsp3) is 0.812. The van der Waals surface area contributed by atoms with E-state index in [1.807, 2.05) is 0 Å². The van der Waals surface area contributed by atoms with Gasteiger partial charge in [-0.1, -0.05) is 10.4 Å². The molecule has 0 rings (SSSR count). The highest BCUT2D eigenvalue weighted by atomic mass is 16.5. The van der Waals surface area contributed by atoms with Gasteiger partial charge in [0.1, 0.15) is 18.9 Å². The molecule has 0 saturated heterocycles. The second-order valence-electron chi connectivity index (χ2n) is 6.13. The van der Waals surface area contributed by atoms with E-state index in [0.717, 1.165) is 0 Å². The Morgan fingerprint density at radius 2 is 1.48 bits per heavy atom. The number of carboxylic acid groups (broad SMARTS) is 2. The molecule has 0 aliphatic heterocycles. The number of ether oxygens (including phenoxy) is 3. The monoisotopic (exact) mass is 421 g/mol. The lowest BCUT2D eigenvalue weighted by Gasteiger charge is -2.34. The number of aldehydes is 1. The summed E-state index contributed by atoms with van der Waals surface area (Å²) in [5.74, 6) is -2.10. The first-order valence-corrected chi connectivity index (χ1v) is 8.86. The first-order chi connectivity index (χ1) is 13.9. The van der Waals surface area contributed by atoms with Crippen LogP contribution < -0.4 is 5.32 Å². The van der Waals surface area contributed by atoms with Crippen LogP contribution in [0.4, 0.5) is 0 Å². The molecular weight excluding hydrogens is 394 g/mol. The Labute approximate surface area is 167 Å². The number of rotatable bonds is 21. The summed E-state index contributed by atoms with van der Waals surface area (Å²) in [5.41, 5.74) is -1.11. The largest absolute Gasteiger partial charge is 0.481 e. The standard InChI is InChI=1S/C16H27N3O10/c20-4-1-5-27-10-16(11-28-6-2-14(21)22,12-29-7-3-15(23)24)17-8-13(19-26)9-18-25/h4,13,17H,1-3,5-12H2,(H,21,22)(H,23,24). The molecule has 0 radical (unpaired) electrons. The highest BCUT2D eigenvalue weighted by Crippen LogP contribution is 2.11. The first-order valence-electron chi connectivity index (χ1n) is 8.86. The van der Waals surface area contributed by atoms with Gasteiger partial charge in [-0.2, -0.15) is 9.81 Å². The molecule has 0 saturated carbocycles. The van der Waals surface area contributed by atoms with Crippen LogP contribution in [0.25, 0.3) is 0 Å². The molecule has 0 aliphatic carbocycles. The van der Waals surface area contributed by atoms with Gasteiger partial charge in [0.15, 0.2) is 0 Å². The molecule has 13 nitrogen and oxygen atoms in total. The number of carboxylic acids is 2. The van der Waals surface area contributed by atoms with Crippen molar-refractivity contribution >= 4 is 18.2 Å². The number of nitrogens with zero attached hydrogens (tertiary/aromatic N) is 2. The summed E-state index contributed by atoms with van der Waals surface area (Å²) in [7, 11) is 0. The lowest BCUT2D eigenvalue weighted by Crippen LogP contribution is -2.58. The molecule has 0 aromatic carbocycles. The zero-order valence-electron chi connectivity index (χ0n) is 16.0. The van der Waals surface area contributed by atoms with E-state index in [4.69, 9.17) is 24.4 Å². The summed E-state index contributed by atoms with van der Waals surface area (Å²) >= 11 is 0. The third-order valence-corrected chi connectivity index (χ3v) is 3.58. The zero-order valence-corrected chi connectivity index (χ0v) is 16.0. The van der Waals surface area contributed by atoms with Crippen LogP contribution in [0.2, 0.25) is 0 Å². The van der Waals surface area contributed by atoms with E-state index in [2.05, 4.69) is 15.7 Å². The summed E-state index contributed by atoms with van der Waals surface area (Å²) in [6.45, 7) is -0.789. The molecule has 0 fully saturated rings. The van der Waals surface area contributed by atoms with Crippen molar-refractivity contribution < 1.29 is 38.8 Å². The number of aliphatic carboxylic acids is 2. The SMILES string of the molecule is O=CCCOCC(COCCC(=O)O)(COCCC(=O)O)NCC(CN=O)N=O. The van der Waals surface area contributed by atoms with Gasteiger partial charge in [0.05, 0.1) is 58.0 Å². The maximum atomic E-state index is 10.8. The molecule has 1 unspecified atom stereocenters. The molecule has 13 heteroatoms. The minimum atomic E-state index is -1.11. The van der Waals surface area contributed by atoms with E-state index in [1.54, 1.807) is 0 Å². The van der Waals surface area contributed by atoms with Gasteiger partial charge in [-0.25, -0.2) is 0 Å². The molecule has 29 heavy (non-hydrogen) atoms. The normalized spacial score (nSPS) is 12.3. The molecule has 0 amide bonds. The maximum Gasteiger partial charge on any atom is 0.305 e. The van der Waals surface area contributed by atoms with Gasteiger partial charge in [0, 0.05) is 13.0 Å². The Morgan fingerprint density at radius 3 is 1.90 bits per heavy atom. The number of hydrogen-bond donors (Lipinski definition) is 3. The topological polar surface area (TPSA) is 190 Å². The molecule has 0 aromatic rings. The van der Waals surface area contributed by atoms with E-state index in [-0.39, 0.29) is 72.0 Å². The van der Waals surface area contributed by atoms with Crippen molar-refractivity contribution in [3.8, 4) is 0 Å². The average molecular weight is 421 g/mol. The molecule has 3 N–H and O–H groups in total. The molecule has 0 bridgehead atoms. The third kappa shape index (κ3) is 14.3. The number of nitroso groups, excluding NO2 is 2. The molecule has 0 spiro atoms. The second-order valence-corrected chi connectivity index (χ2v) is 6.13. The second kappa shape index (κ2) is 16.6. The lowest BCUT2D eigenvalue weighted by atomic mass is 10.0. The van der Waals surface area contributed by atoms with Crippen molar-refractivity contribution in [1.29, 1.82) is 0 Å². The minimum absolute atomic E-state index is 0.0545. The van der Waals surface area contributed by atoms with Crippen LogP contribution in [0.5, 0.6) is 0 Å². The van der Waals surface area contributed by atoms with E-state index in [9.17, 15) is 24.2 Å². The van der Waals surface area contributed by atoms with Crippen molar-refractivity contribution in [3.63, 3.8) is 0 Å². The molecule has 166 valence electrons. The van der Waals surface area contributed by atoms with Gasteiger partial charge in [-0.05, 0) is 0 Å². The lowest BCUT2D eigenvalue weighted by molar-refractivity contribution is -0.139. The fourth-order valence-electron chi connectivity index (χ4n) is 2.09. The van der Waals surface area contributed by atoms with Crippen LogP contribution in [0, 0.1) is 9.81 Å². The Balaban J connectivity index is 5.11. The van der Waals surface area contributed by atoms with Crippen LogP contribution >= 0.6 is 0 Å². The Bertz CT molecular complexity index is 495. The molecule has 1 atom stereocenters. The van der Waals surface area contributed by atoms with Crippen LogP contribution in [0.15, 0.2) is 10.4 Å². The van der Waals surface area contributed by atoms with Crippen molar-refractivity contribution in [2.45, 2.75) is 30.8 Å². The van der Waals surface area contributed by atoms with Crippen LogP contribution in [-0.4, -0.2) is 92.7 Å². The van der Waals surface area contributed by atoms with E-state index in [1.165, 1.54) is 0 Å². The van der Waals surface area contributed by atoms with E-state index in [0.29, 0.717) is 6.29 Å². The predicted molar refractivity (Wildman–Crippen MR) is 98.6 cm³/mol. The van der Waals surface area contributed by atoms with Gasteiger partial charge in [0.25, 0.3) is 0 Å². The van der Waals surface area contributed by atoms with Gasteiger partial charge in [-0.15, -0.1) is 0 Å². The smallest absolute Gasteiger partial charge is 0.305 e. The van der Waals surface area contributed by atoms with Gasteiger partial charge >= 0.3 is 11.9 Å². The number of nitrogens with one attached hydrogen (secondary N) is 1. The summed E-state index contributed by atoms with van der Waals surface area (Å²) in [4.78, 5) is 53.0. The van der Waals surface area contributed by atoms with Crippen LogP contribution in [-0.2, 0) is 28.6 Å². The average Bonchev–Trinajstić information content (AvgIpc) is 2.68. The summed E-state index contributed by atoms with van der Waals surface area (Å²) in [6, 6.07) is -0.958. The summed E-state index contributed by atoms with van der Waals surface area (Å²) in [6.07, 6.45) is 0.332. The summed E-state index contributed by atoms with van der Waals surface area (Å²) in [5, 5.41) is 25.8. The maximum absolute atomic E-state index is 10.8. The molecule has 0 aliphatic rings. The highest BCUT2D eigenvalue weighted by molar-refractivity contribution is 5.67. The number of carbonyl (C=O) groups is 3. The van der Waals surface area contributed by atoms with Gasteiger partial charge in [-0.3, -0.25) is 9.59 Å². The van der Waals surface area contributed by atoms with Crippen molar-refractivity contribution in [2.24, 2.45) is 10.4 Å². The Kier molecular flexibility index (Phi) is 15.2. The summed E-state index contributed by atoms with van der Waals surface area (Å²) < 4.78 is 16.2. The Hall–Kier alpha value is -2.35. The predicted octanol–water partition coefficient (Wildman–Crippen LogP) is -0.196. The van der Waals surface area contributed by atoms with Gasteiger partial charge < -0.3 is 34.5 Å². The minimum Gasteiger partial charge on any atom is -0.481 e. The Morgan fingerprint density at radius 1 is 0.966 bits per heavy atom. The van der Waals surface area contributed by atoms with Crippen molar-refractivity contribution in [3.05, 3.63) is 9.81 Å². The van der Waals surface area contributed by atoms with Crippen molar-refractivity contribution in [2.75, 3.05) is 52.7 Å². The quantitative estimate of drug-likeness (QED) is 0.126. The van der Waals surface area contributed by atoms with E-state index >= 15 is 0 Å². The molecular formula is C16H27N3O10.